The van der Waals surface area contributed by atoms with Crippen LogP contribution in [0.3, 0.4) is 0 Å². The summed E-state index contributed by atoms with van der Waals surface area (Å²) in [5, 5.41) is -1.23. The predicted molar refractivity (Wildman–Crippen MR) is 92.1 cm³/mol. The molecular formula is C19H18O4S. The smallest absolute Gasteiger partial charge is 0.325 e. The van der Waals surface area contributed by atoms with Crippen LogP contribution in [0.2, 0.25) is 0 Å². The van der Waals surface area contributed by atoms with Gasteiger partial charge in [-0.15, -0.1) is 0 Å². The zero-order valence-corrected chi connectivity index (χ0v) is 14.1. The zero-order valence-electron chi connectivity index (χ0n) is 13.3. The van der Waals surface area contributed by atoms with Gasteiger partial charge in [-0.3, -0.25) is 4.79 Å². The summed E-state index contributed by atoms with van der Waals surface area (Å²) in [4.78, 5) is 12.4. The first-order valence-corrected chi connectivity index (χ1v) is 9.25. The van der Waals surface area contributed by atoms with E-state index in [1.165, 1.54) is 12.1 Å². The zero-order chi connectivity index (χ0) is 17.2. The van der Waals surface area contributed by atoms with Crippen LogP contribution in [-0.2, 0) is 19.4 Å². The van der Waals surface area contributed by atoms with Crippen molar-refractivity contribution in [2.24, 2.45) is 0 Å². The minimum atomic E-state index is -3.81. The molecule has 0 aromatic heterocycles. The van der Waals surface area contributed by atoms with E-state index in [-0.39, 0.29) is 17.9 Å². The lowest BCUT2D eigenvalue weighted by molar-refractivity contribution is -0.141. The first kappa shape index (κ1) is 16.5. The summed E-state index contributed by atoms with van der Waals surface area (Å²) in [6, 6.07) is 16.0. The quantitative estimate of drug-likeness (QED) is 0.804. The standard InChI is InChI=1S/C19H18O4S/c1-14-7-9-17(10-8-14)24(21,22)18-13-16(11-12-23-19(18)20)15-5-3-2-4-6-15/h2-11,18H,12-13H2,1H3. The van der Waals surface area contributed by atoms with Crippen LogP contribution in [0.25, 0.3) is 5.57 Å². The van der Waals surface area contributed by atoms with Gasteiger partial charge in [-0.2, -0.15) is 0 Å². The summed E-state index contributed by atoms with van der Waals surface area (Å²) in [6.07, 6.45) is 1.89. The summed E-state index contributed by atoms with van der Waals surface area (Å²) in [5.74, 6) is -0.697. The van der Waals surface area contributed by atoms with Crippen molar-refractivity contribution in [1.29, 1.82) is 0 Å². The molecule has 3 rings (SSSR count). The van der Waals surface area contributed by atoms with Gasteiger partial charge in [0.15, 0.2) is 15.1 Å². The largest absolute Gasteiger partial charge is 0.460 e. The molecule has 0 saturated heterocycles. The third-order valence-electron chi connectivity index (χ3n) is 4.09. The summed E-state index contributed by atoms with van der Waals surface area (Å²) >= 11 is 0. The lowest BCUT2D eigenvalue weighted by Crippen LogP contribution is -2.31. The van der Waals surface area contributed by atoms with Gasteiger partial charge in [0.1, 0.15) is 6.61 Å². The van der Waals surface area contributed by atoms with E-state index in [1.807, 2.05) is 37.3 Å². The Morgan fingerprint density at radius 3 is 2.33 bits per heavy atom. The topological polar surface area (TPSA) is 60.4 Å². The number of sulfone groups is 1. The highest BCUT2D eigenvalue weighted by atomic mass is 32.2. The predicted octanol–water partition coefficient (Wildman–Crippen LogP) is 3.17. The molecule has 0 amide bonds. The molecule has 1 aliphatic heterocycles. The molecule has 2 aromatic carbocycles. The fraction of sp³-hybridized carbons (Fsp3) is 0.211. The maximum atomic E-state index is 12.9. The number of esters is 1. The maximum Gasteiger partial charge on any atom is 0.325 e. The molecule has 0 bridgehead atoms. The Labute approximate surface area is 141 Å². The van der Waals surface area contributed by atoms with Crippen molar-refractivity contribution in [2.75, 3.05) is 6.61 Å². The second kappa shape index (κ2) is 6.61. The SMILES string of the molecule is Cc1ccc(S(=O)(=O)C2CC(c3ccccc3)=CCOC2=O)cc1. The Morgan fingerprint density at radius 2 is 1.67 bits per heavy atom. The number of rotatable bonds is 3. The van der Waals surface area contributed by atoms with Crippen LogP contribution >= 0.6 is 0 Å². The second-order valence-corrected chi connectivity index (χ2v) is 7.91. The number of hydrogen-bond acceptors (Lipinski definition) is 4. The molecule has 1 aliphatic rings. The third kappa shape index (κ3) is 3.26. The van der Waals surface area contributed by atoms with Crippen molar-refractivity contribution in [3.8, 4) is 0 Å². The lowest BCUT2D eigenvalue weighted by Gasteiger charge is -2.15. The van der Waals surface area contributed by atoms with E-state index >= 15 is 0 Å². The van der Waals surface area contributed by atoms with Crippen molar-refractivity contribution in [3.63, 3.8) is 0 Å². The van der Waals surface area contributed by atoms with E-state index in [1.54, 1.807) is 18.2 Å². The second-order valence-electron chi connectivity index (χ2n) is 5.78. The molecule has 0 spiro atoms. The Morgan fingerprint density at radius 1 is 1.00 bits per heavy atom. The maximum absolute atomic E-state index is 12.9. The number of cyclic esters (lactones) is 1. The Bertz CT molecular complexity index is 865. The molecular weight excluding hydrogens is 324 g/mol. The lowest BCUT2D eigenvalue weighted by atomic mass is 10.0. The molecule has 2 aromatic rings. The van der Waals surface area contributed by atoms with Gasteiger partial charge in [0.05, 0.1) is 4.90 Å². The van der Waals surface area contributed by atoms with Crippen molar-refractivity contribution in [2.45, 2.75) is 23.5 Å². The van der Waals surface area contributed by atoms with Gasteiger partial charge >= 0.3 is 5.97 Å². The van der Waals surface area contributed by atoms with Gasteiger partial charge in [-0.1, -0.05) is 48.0 Å². The summed E-state index contributed by atoms with van der Waals surface area (Å²) in [7, 11) is -3.81. The molecule has 124 valence electrons. The summed E-state index contributed by atoms with van der Waals surface area (Å²) in [5.41, 5.74) is 2.67. The monoisotopic (exact) mass is 342 g/mol. The van der Waals surface area contributed by atoms with E-state index in [9.17, 15) is 13.2 Å². The molecule has 0 radical (unpaired) electrons. The average molecular weight is 342 g/mol. The fourth-order valence-electron chi connectivity index (χ4n) is 2.70. The molecule has 0 saturated carbocycles. The third-order valence-corrected chi connectivity index (χ3v) is 6.13. The van der Waals surface area contributed by atoms with Crippen LogP contribution in [0.1, 0.15) is 17.5 Å². The molecule has 0 aliphatic carbocycles. The van der Waals surface area contributed by atoms with Crippen LogP contribution in [0, 0.1) is 6.92 Å². The summed E-state index contributed by atoms with van der Waals surface area (Å²) < 4.78 is 30.9. The van der Waals surface area contributed by atoms with Crippen molar-refractivity contribution >= 4 is 21.4 Å². The average Bonchev–Trinajstić information content (AvgIpc) is 2.78. The normalized spacial score (nSPS) is 18.5. The number of benzene rings is 2. The van der Waals surface area contributed by atoms with Crippen molar-refractivity contribution < 1.29 is 17.9 Å². The number of hydrogen-bond donors (Lipinski definition) is 0. The molecule has 4 nitrogen and oxygen atoms in total. The van der Waals surface area contributed by atoms with Crippen LogP contribution in [0.5, 0.6) is 0 Å². The number of ether oxygens (including phenoxy) is 1. The van der Waals surface area contributed by atoms with Crippen molar-refractivity contribution in [1.82, 2.24) is 0 Å². The number of carbonyl (C=O) groups is 1. The van der Waals surface area contributed by atoms with E-state index in [4.69, 9.17) is 4.74 Å². The summed E-state index contributed by atoms with van der Waals surface area (Å²) in [6.45, 7) is 1.97. The van der Waals surface area contributed by atoms with Gasteiger partial charge in [0, 0.05) is 6.42 Å². The van der Waals surface area contributed by atoms with E-state index in [0.717, 1.165) is 16.7 Å². The molecule has 0 fully saturated rings. The van der Waals surface area contributed by atoms with Gasteiger partial charge < -0.3 is 4.74 Å². The molecule has 1 atom stereocenters. The first-order chi connectivity index (χ1) is 11.5. The van der Waals surface area contributed by atoms with E-state index in [2.05, 4.69) is 0 Å². The van der Waals surface area contributed by atoms with E-state index < -0.39 is 21.1 Å². The highest BCUT2D eigenvalue weighted by Gasteiger charge is 2.37. The van der Waals surface area contributed by atoms with Gasteiger partial charge in [-0.05, 0) is 36.3 Å². The minimum absolute atomic E-state index is 0.0863. The Hall–Kier alpha value is -2.40. The fourth-order valence-corrected chi connectivity index (χ4v) is 4.26. The van der Waals surface area contributed by atoms with Crippen LogP contribution in [0.4, 0.5) is 0 Å². The highest BCUT2D eigenvalue weighted by molar-refractivity contribution is 7.92. The molecule has 0 N–H and O–H groups in total. The Kier molecular flexibility index (Phi) is 4.53. The van der Waals surface area contributed by atoms with Crippen LogP contribution < -0.4 is 0 Å². The van der Waals surface area contributed by atoms with Gasteiger partial charge in [-0.25, -0.2) is 8.42 Å². The number of aryl methyl sites for hydroxylation is 1. The molecule has 1 heterocycles. The number of allylic oxidation sites excluding steroid dienone is 1. The molecule has 24 heavy (non-hydrogen) atoms. The highest BCUT2D eigenvalue weighted by Crippen LogP contribution is 2.29. The van der Waals surface area contributed by atoms with Gasteiger partial charge in [0.2, 0.25) is 0 Å². The van der Waals surface area contributed by atoms with E-state index in [0.29, 0.717) is 0 Å². The Balaban J connectivity index is 1.97. The van der Waals surface area contributed by atoms with Gasteiger partial charge in [0.25, 0.3) is 0 Å². The molecule has 5 heteroatoms. The number of carbonyl (C=O) groups excluding carboxylic acids is 1. The first-order valence-electron chi connectivity index (χ1n) is 7.70. The van der Waals surface area contributed by atoms with Crippen LogP contribution in [-0.4, -0.2) is 26.2 Å². The van der Waals surface area contributed by atoms with Crippen molar-refractivity contribution in [3.05, 3.63) is 71.8 Å². The molecule has 1 unspecified atom stereocenters. The van der Waals surface area contributed by atoms with Crippen LogP contribution in [0.15, 0.2) is 65.6 Å². The minimum Gasteiger partial charge on any atom is -0.460 e.